The molecule has 0 spiro atoms. The van der Waals surface area contributed by atoms with Crippen molar-refractivity contribution in [1.29, 1.82) is 0 Å². The summed E-state index contributed by atoms with van der Waals surface area (Å²) >= 11 is 0. The lowest BCUT2D eigenvalue weighted by atomic mass is 10.0. The first-order chi connectivity index (χ1) is 9.36. The zero-order chi connectivity index (χ0) is 14.8. The number of rotatable bonds is 4. The van der Waals surface area contributed by atoms with Gasteiger partial charge in [0.05, 0.1) is 6.26 Å². The average Bonchev–Trinajstić information content (AvgIpc) is 2.40. The summed E-state index contributed by atoms with van der Waals surface area (Å²) in [6.07, 6.45) is 3.11. The molecule has 0 N–H and O–H groups in total. The number of sulfonamides is 1. The fourth-order valence-corrected chi connectivity index (χ4v) is 3.42. The maximum absolute atomic E-state index is 11.5. The van der Waals surface area contributed by atoms with E-state index in [0.717, 1.165) is 32.5 Å². The van der Waals surface area contributed by atoms with Crippen LogP contribution in [0.15, 0.2) is 24.3 Å². The first-order valence-electron chi connectivity index (χ1n) is 7.07. The van der Waals surface area contributed by atoms with Crippen LogP contribution in [-0.2, 0) is 16.6 Å². The molecule has 1 aliphatic heterocycles. The second-order valence-electron chi connectivity index (χ2n) is 5.77. The van der Waals surface area contributed by atoms with E-state index in [0.29, 0.717) is 0 Å². The van der Waals surface area contributed by atoms with Crippen molar-refractivity contribution < 1.29 is 8.42 Å². The van der Waals surface area contributed by atoms with Gasteiger partial charge in [0.15, 0.2) is 0 Å². The quantitative estimate of drug-likeness (QED) is 0.851. The third-order valence-electron chi connectivity index (χ3n) is 4.12. The summed E-state index contributed by atoms with van der Waals surface area (Å²) in [5.41, 5.74) is 2.60. The van der Waals surface area contributed by atoms with Crippen LogP contribution in [0.4, 0.5) is 0 Å². The van der Waals surface area contributed by atoms with Crippen LogP contribution in [0.25, 0.3) is 0 Å². The topological polar surface area (TPSA) is 40.6 Å². The molecule has 20 heavy (non-hydrogen) atoms. The largest absolute Gasteiger partial charge is 0.299 e. The number of likely N-dealkylation sites (tertiary alicyclic amines) is 1. The molecule has 2 rings (SSSR count). The van der Waals surface area contributed by atoms with E-state index in [4.69, 9.17) is 0 Å². The summed E-state index contributed by atoms with van der Waals surface area (Å²) in [5.74, 6) is 0. The van der Waals surface area contributed by atoms with Crippen LogP contribution in [0.1, 0.15) is 24.0 Å². The Bertz CT molecular complexity index is 531. The van der Waals surface area contributed by atoms with Gasteiger partial charge in [0, 0.05) is 32.7 Å². The molecule has 0 unspecified atom stereocenters. The van der Waals surface area contributed by atoms with Gasteiger partial charge >= 0.3 is 0 Å². The third-order valence-corrected chi connectivity index (χ3v) is 5.47. The second kappa shape index (κ2) is 6.24. The first kappa shape index (κ1) is 15.5. The van der Waals surface area contributed by atoms with Gasteiger partial charge < -0.3 is 0 Å². The van der Waals surface area contributed by atoms with Crippen LogP contribution in [0, 0.1) is 6.92 Å². The van der Waals surface area contributed by atoms with Crippen molar-refractivity contribution in [3.05, 3.63) is 35.4 Å². The van der Waals surface area contributed by atoms with Gasteiger partial charge in [-0.05, 0) is 25.3 Å². The average molecular weight is 296 g/mol. The van der Waals surface area contributed by atoms with E-state index < -0.39 is 10.0 Å². The monoisotopic (exact) mass is 296 g/mol. The minimum atomic E-state index is -3.07. The minimum absolute atomic E-state index is 0.152. The maximum Gasteiger partial charge on any atom is 0.211 e. The molecular formula is C15H24N2O2S. The van der Waals surface area contributed by atoms with E-state index in [9.17, 15) is 8.42 Å². The van der Waals surface area contributed by atoms with Crippen LogP contribution in [0.5, 0.6) is 0 Å². The number of aryl methyl sites for hydroxylation is 1. The van der Waals surface area contributed by atoms with Crippen LogP contribution >= 0.6 is 0 Å². The highest BCUT2D eigenvalue weighted by atomic mass is 32.2. The van der Waals surface area contributed by atoms with Crippen molar-refractivity contribution in [2.24, 2.45) is 0 Å². The molecule has 1 aromatic rings. The summed E-state index contributed by atoms with van der Waals surface area (Å²) in [6.45, 7) is 4.96. The molecule has 1 heterocycles. The second-order valence-corrected chi connectivity index (χ2v) is 7.81. The van der Waals surface area contributed by atoms with Gasteiger partial charge in [-0.15, -0.1) is 0 Å². The third kappa shape index (κ3) is 4.04. The van der Waals surface area contributed by atoms with Crippen molar-refractivity contribution in [2.45, 2.75) is 32.4 Å². The van der Waals surface area contributed by atoms with E-state index in [2.05, 4.69) is 36.1 Å². The lowest BCUT2D eigenvalue weighted by Gasteiger charge is -2.35. The Morgan fingerprint density at radius 3 is 2.25 bits per heavy atom. The molecular weight excluding hydrogens is 272 g/mol. The molecule has 112 valence electrons. The minimum Gasteiger partial charge on any atom is -0.299 e. The predicted molar refractivity (Wildman–Crippen MR) is 82.1 cm³/mol. The molecule has 0 aromatic heterocycles. The maximum atomic E-state index is 11.5. The molecule has 0 bridgehead atoms. The molecule has 1 aliphatic rings. The summed E-state index contributed by atoms with van der Waals surface area (Å²) in [6, 6.07) is 8.77. The number of nitrogens with zero attached hydrogens (tertiary/aromatic N) is 2. The Balaban J connectivity index is 1.87. The Morgan fingerprint density at radius 2 is 1.75 bits per heavy atom. The number of hydrogen-bond acceptors (Lipinski definition) is 3. The molecule has 5 heteroatoms. The van der Waals surface area contributed by atoms with Crippen LogP contribution < -0.4 is 0 Å². The van der Waals surface area contributed by atoms with Crippen LogP contribution in [-0.4, -0.2) is 50.1 Å². The van der Waals surface area contributed by atoms with Gasteiger partial charge in [-0.25, -0.2) is 12.7 Å². The lowest BCUT2D eigenvalue weighted by Crippen LogP contribution is -2.44. The first-order valence-corrected chi connectivity index (χ1v) is 8.92. The zero-order valence-corrected chi connectivity index (χ0v) is 13.4. The van der Waals surface area contributed by atoms with Crippen molar-refractivity contribution in [2.75, 3.05) is 26.4 Å². The summed E-state index contributed by atoms with van der Waals surface area (Å²) in [5, 5.41) is 0. The molecule has 1 aromatic carbocycles. The molecule has 1 saturated heterocycles. The van der Waals surface area contributed by atoms with Gasteiger partial charge in [-0.3, -0.25) is 4.90 Å². The molecule has 0 radical (unpaired) electrons. The van der Waals surface area contributed by atoms with Crippen LogP contribution in [0.2, 0.25) is 0 Å². The molecule has 0 saturated carbocycles. The lowest BCUT2D eigenvalue weighted by molar-refractivity contribution is 0.164. The standard InChI is InChI=1S/C15H24N2O2S/c1-13-4-6-14(7-5-13)12-17-10-8-15(9-11-17)16(2)20(3,18)19/h4-7,15H,8-12H2,1-3H3. The van der Waals surface area contributed by atoms with Crippen LogP contribution in [0.3, 0.4) is 0 Å². The van der Waals surface area contributed by atoms with E-state index in [1.165, 1.54) is 21.7 Å². The van der Waals surface area contributed by atoms with Gasteiger partial charge in [-0.1, -0.05) is 29.8 Å². The fraction of sp³-hybridized carbons (Fsp3) is 0.600. The smallest absolute Gasteiger partial charge is 0.211 e. The van der Waals surface area contributed by atoms with E-state index >= 15 is 0 Å². The Hall–Kier alpha value is -0.910. The van der Waals surface area contributed by atoms with Gasteiger partial charge in [-0.2, -0.15) is 0 Å². The normalized spacial score (nSPS) is 18.6. The van der Waals surface area contributed by atoms with E-state index in [1.807, 2.05) is 0 Å². The Kier molecular flexibility index (Phi) is 4.83. The SMILES string of the molecule is Cc1ccc(CN2CCC(N(C)S(C)(=O)=O)CC2)cc1. The molecule has 0 atom stereocenters. The number of benzene rings is 1. The zero-order valence-electron chi connectivity index (χ0n) is 12.5. The molecule has 4 nitrogen and oxygen atoms in total. The highest BCUT2D eigenvalue weighted by molar-refractivity contribution is 7.88. The van der Waals surface area contributed by atoms with E-state index in [1.54, 1.807) is 7.05 Å². The molecule has 0 aliphatic carbocycles. The summed E-state index contributed by atoms with van der Waals surface area (Å²) in [4.78, 5) is 2.40. The van der Waals surface area contributed by atoms with Gasteiger partial charge in [0.2, 0.25) is 10.0 Å². The highest BCUT2D eigenvalue weighted by Gasteiger charge is 2.26. The Morgan fingerprint density at radius 1 is 1.20 bits per heavy atom. The predicted octanol–water partition coefficient (Wildman–Crippen LogP) is 1.85. The summed E-state index contributed by atoms with van der Waals surface area (Å²) < 4.78 is 24.6. The fourth-order valence-electron chi connectivity index (χ4n) is 2.66. The molecule has 1 fully saturated rings. The molecule has 0 amide bonds. The van der Waals surface area contributed by atoms with Crippen molar-refractivity contribution in [3.8, 4) is 0 Å². The van der Waals surface area contributed by atoms with Gasteiger partial charge in [0.25, 0.3) is 0 Å². The Labute approximate surface area is 122 Å². The number of piperidine rings is 1. The highest BCUT2D eigenvalue weighted by Crippen LogP contribution is 2.19. The summed E-state index contributed by atoms with van der Waals surface area (Å²) in [7, 11) is -1.38. The number of hydrogen-bond donors (Lipinski definition) is 0. The van der Waals surface area contributed by atoms with Crippen molar-refractivity contribution in [1.82, 2.24) is 9.21 Å². The van der Waals surface area contributed by atoms with Crippen molar-refractivity contribution in [3.63, 3.8) is 0 Å². The van der Waals surface area contributed by atoms with Crippen molar-refractivity contribution >= 4 is 10.0 Å². The van der Waals surface area contributed by atoms with Gasteiger partial charge in [0.1, 0.15) is 0 Å². The van der Waals surface area contributed by atoms with E-state index in [-0.39, 0.29) is 6.04 Å².